The summed E-state index contributed by atoms with van der Waals surface area (Å²) in [6.07, 6.45) is 0.353. The van der Waals surface area contributed by atoms with Crippen LogP contribution in [0, 0.1) is 18.6 Å². The number of aromatic nitrogens is 2. The Balaban J connectivity index is 1.57. The molecule has 0 unspecified atom stereocenters. The predicted octanol–water partition coefficient (Wildman–Crippen LogP) is 3.23. The number of urea groups is 1. The zero-order valence-corrected chi connectivity index (χ0v) is 20.4. The average molecular weight is 500 g/mol. The highest BCUT2D eigenvalue weighted by molar-refractivity contribution is 5.90. The molecule has 36 heavy (non-hydrogen) atoms. The lowest BCUT2D eigenvalue weighted by atomic mass is 9.94. The summed E-state index contributed by atoms with van der Waals surface area (Å²) < 4.78 is 34.8. The van der Waals surface area contributed by atoms with Crippen LogP contribution >= 0.6 is 0 Å². The van der Waals surface area contributed by atoms with E-state index >= 15 is 0 Å². The number of likely N-dealkylation sites (tertiary alicyclic amines) is 1. The monoisotopic (exact) mass is 499 g/mol. The van der Waals surface area contributed by atoms with Crippen molar-refractivity contribution in [3.05, 3.63) is 77.0 Å². The van der Waals surface area contributed by atoms with E-state index in [1.165, 1.54) is 12.1 Å². The second kappa shape index (κ2) is 11.6. The van der Waals surface area contributed by atoms with Crippen molar-refractivity contribution in [2.24, 2.45) is 0 Å². The molecule has 2 amide bonds. The number of hydrogen-bond donors (Lipinski definition) is 3. The molecule has 8 nitrogen and oxygen atoms in total. The minimum absolute atomic E-state index is 0.0659. The molecule has 2 heterocycles. The maximum absolute atomic E-state index is 14.0. The highest BCUT2D eigenvalue weighted by Crippen LogP contribution is 2.29. The van der Waals surface area contributed by atoms with Gasteiger partial charge in [-0.3, -0.25) is 10.2 Å². The van der Waals surface area contributed by atoms with Gasteiger partial charge < -0.3 is 15.2 Å². The van der Waals surface area contributed by atoms with Crippen LogP contribution in [0.3, 0.4) is 0 Å². The Bertz CT molecular complexity index is 1170. The number of aliphatic hydroxyl groups excluding tert-OH is 1. The number of rotatable bonds is 9. The molecule has 10 heteroatoms. The van der Waals surface area contributed by atoms with E-state index in [9.17, 15) is 18.7 Å². The quantitative estimate of drug-likeness (QED) is 0.421. The number of benzene rings is 2. The molecule has 3 aromatic rings. The van der Waals surface area contributed by atoms with E-state index in [1.807, 2.05) is 37.3 Å². The van der Waals surface area contributed by atoms with Gasteiger partial charge in [0.25, 0.3) is 0 Å². The fourth-order valence-electron chi connectivity index (χ4n) is 4.66. The van der Waals surface area contributed by atoms with Crippen LogP contribution in [-0.4, -0.2) is 71.8 Å². The fraction of sp³-hybridized carbons (Fsp3) is 0.385. The van der Waals surface area contributed by atoms with Gasteiger partial charge in [-0.2, -0.15) is 5.10 Å². The van der Waals surface area contributed by atoms with E-state index < -0.39 is 17.7 Å². The van der Waals surface area contributed by atoms with E-state index in [0.29, 0.717) is 49.7 Å². The van der Waals surface area contributed by atoms with Gasteiger partial charge in [-0.1, -0.05) is 18.2 Å². The number of hydrogen-bond acceptors (Lipinski definition) is 5. The zero-order valence-electron chi connectivity index (χ0n) is 20.4. The number of amides is 2. The Morgan fingerprint density at radius 3 is 2.56 bits per heavy atom. The minimum atomic E-state index is -0.651. The van der Waals surface area contributed by atoms with Gasteiger partial charge in [0.15, 0.2) is 0 Å². The molecule has 4 rings (SSSR count). The van der Waals surface area contributed by atoms with Gasteiger partial charge in [-0.05, 0) is 36.8 Å². The van der Waals surface area contributed by atoms with Crippen LogP contribution in [-0.2, 0) is 11.2 Å². The summed E-state index contributed by atoms with van der Waals surface area (Å²) in [5.41, 5.74) is 2.68. The van der Waals surface area contributed by atoms with Gasteiger partial charge in [-0.15, -0.1) is 0 Å². The van der Waals surface area contributed by atoms with Crippen LogP contribution < -0.4 is 10.6 Å². The summed E-state index contributed by atoms with van der Waals surface area (Å²) in [6, 6.07) is 12.0. The maximum Gasteiger partial charge on any atom is 0.320 e. The molecule has 1 saturated heterocycles. The Hall–Kier alpha value is -3.34. The molecule has 0 aliphatic carbocycles. The van der Waals surface area contributed by atoms with E-state index in [-0.39, 0.29) is 18.6 Å². The molecule has 0 bridgehead atoms. The molecule has 0 spiro atoms. The SMILES string of the molecule is COCCN1C[C@@H](NC(=O)Nc2c(C)c(CCO)nn2-c2ccccc2)[C@H](c2cc(F)cc(F)c2)C1. The molecule has 3 N–H and O–H groups in total. The molecular formula is C26H31F2N5O3. The lowest BCUT2D eigenvalue weighted by molar-refractivity contribution is 0.159. The smallest absolute Gasteiger partial charge is 0.320 e. The summed E-state index contributed by atoms with van der Waals surface area (Å²) in [5.74, 6) is -1.11. The number of nitrogens with one attached hydrogen (secondary N) is 2. The maximum atomic E-state index is 14.0. The van der Waals surface area contributed by atoms with Crippen molar-refractivity contribution in [2.75, 3.05) is 45.3 Å². The Labute approximate surface area is 208 Å². The second-order valence-electron chi connectivity index (χ2n) is 8.91. The summed E-state index contributed by atoms with van der Waals surface area (Å²) >= 11 is 0. The topological polar surface area (TPSA) is 91.7 Å². The van der Waals surface area contributed by atoms with Gasteiger partial charge in [0.1, 0.15) is 17.5 Å². The molecular weight excluding hydrogens is 468 g/mol. The number of methoxy groups -OCH3 is 1. The Kier molecular flexibility index (Phi) is 8.29. The lowest BCUT2D eigenvalue weighted by Gasteiger charge is -2.21. The number of carbonyl (C=O) groups excluding carboxylic acids is 1. The van der Waals surface area contributed by atoms with E-state index in [0.717, 1.165) is 17.3 Å². The highest BCUT2D eigenvalue weighted by Gasteiger charge is 2.35. The number of ether oxygens (including phenoxy) is 1. The third-order valence-electron chi connectivity index (χ3n) is 6.44. The zero-order chi connectivity index (χ0) is 25.7. The first-order valence-electron chi connectivity index (χ1n) is 11.9. The van der Waals surface area contributed by atoms with Crippen LogP contribution in [0.4, 0.5) is 19.4 Å². The Morgan fingerprint density at radius 2 is 1.89 bits per heavy atom. The molecule has 1 fully saturated rings. The minimum Gasteiger partial charge on any atom is -0.396 e. The summed E-state index contributed by atoms with van der Waals surface area (Å²) in [4.78, 5) is 15.3. The van der Waals surface area contributed by atoms with Gasteiger partial charge in [0.2, 0.25) is 0 Å². The van der Waals surface area contributed by atoms with Crippen molar-refractivity contribution in [3.63, 3.8) is 0 Å². The van der Waals surface area contributed by atoms with Crippen molar-refractivity contribution in [2.45, 2.75) is 25.3 Å². The van der Waals surface area contributed by atoms with E-state index in [2.05, 4.69) is 20.6 Å². The average Bonchev–Trinajstić information content (AvgIpc) is 3.39. The van der Waals surface area contributed by atoms with Gasteiger partial charge in [0.05, 0.1) is 24.0 Å². The number of anilines is 1. The number of para-hydroxylation sites is 1. The van der Waals surface area contributed by atoms with Gasteiger partial charge in [0, 0.05) is 57.3 Å². The number of aliphatic hydroxyl groups is 1. The molecule has 1 aliphatic heterocycles. The first kappa shape index (κ1) is 25.7. The van der Waals surface area contributed by atoms with E-state index in [4.69, 9.17) is 4.74 Å². The van der Waals surface area contributed by atoms with Gasteiger partial charge in [-0.25, -0.2) is 18.3 Å². The third-order valence-corrected chi connectivity index (χ3v) is 6.44. The van der Waals surface area contributed by atoms with Crippen LogP contribution in [0.2, 0.25) is 0 Å². The molecule has 0 radical (unpaired) electrons. The molecule has 1 aliphatic rings. The number of nitrogens with zero attached hydrogens (tertiary/aromatic N) is 3. The molecule has 0 saturated carbocycles. The Morgan fingerprint density at radius 1 is 1.17 bits per heavy atom. The van der Waals surface area contributed by atoms with Gasteiger partial charge >= 0.3 is 6.03 Å². The summed E-state index contributed by atoms with van der Waals surface area (Å²) in [5, 5.41) is 19.9. The largest absolute Gasteiger partial charge is 0.396 e. The first-order valence-corrected chi connectivity index (χ1v) is 11.9. The van der Waals surface area contributed by atoms with Crippen molar-refractivity contribution in [1.82, 2.24) is 20.0 Å². The van der Waals surface area contributed by atoms with Crippen LogP contribution in [0.1, 0.15) is 22.7 Å². The number of carbonyl (C=O) groups is 1. The van der Waals surface area contributed by atoms with E-state index in [1.54, 1.807) is 11.8 Å². The molecule has 2 atom stereocenters. The summed E-state index contributed by atoms with van der Waals surface area (Å²) in [7, 11) is 1.61. The molecule has 1 aromatic heterocycles. The van der Waals surface area contributed by atoms with Crippen molar-refractivity contribution >= 4 is 11.8 Å². The second-order valence-corrected chi connectivity index (χ2v) is 8.91. The third kappa shape index (κ3) is 5.89. The van der Waals surface area contributed by atoms with Crippen molar-refractivity contribution < 1.29 is 23.4 Å². The van der Waals surface area contributed by atoms with Crippen molar-refractivity contribution in [1.29, 1.82) is 0 Å². The molecule has 2 aromatic carbocycles. The lowest BCUT2D eigenvalue weighted by Crippen LogP contribution is -2.42. The van der Waals surface area contributed by atoms with Crippen LogP contribution in [0.15, 0.2) is 48.5 Å². The summed E-state index contributed by atoms with van der Waals surface area (Å²) in [6.45, 7) is 3.95. The van der Waals surface area contributed by atoms with Crippen LogP contribution in [0.25, 0.3) is 5.69 Å². The van der Waals surface area contributed by atoms with Crippen molar-refractivity contribution in [3.8, 4) is 5.69 Å². The standard InChI is InChI=1S/C26H31F2N5O3/c1-17-23(8-10-34)31-33(21-6-4-3-5-7-21)25(17)30-26(35)29-24-16-32(9-11-36-2)15-22(24)18-12-19(27)14-20(28)13-18/h3-7,12-14,22,24,34H,8-11,15-16H2,1-2H3,(H2,29,30,35)/t22-,24+/m0/s1. The predicted molar refractivity (Wildman–Crippen MR) is 132 cm³/mol. The first-order chi connectivity index (χ1) is 17.4. The highest BCUT2D eigenvalue weighted by atomic mass is 19.1. The van der Waals surface area contributed by atoms with Crippen LogP contribution in [0.5, 0.6) is 0 Å². The number of halogens is 2. The fourth-order valence-corrected chi connectivity index (χ4v) is 4.66. The molecule has 192 valence electrons. The normalized spacial score (nSPS) is 17.9.